The van der Waals surface area contributed by atoms with E-state index < -0.39 is 10.0 Å². The molecule has 0 saturated heterocycles. The molecule has 0 aliphatic rings. The van der Waals surface area contributed by atoms with E-state index in [1.54, 1.807) is 0 Å². The number of benzene rings is 1. The highest BCUT2D eigenvalue weighted by atomic mass is 32.2. The summed E-state index contributed by atoms with van der Waals surface area (Å²) in [5, 5.41) is 5.33. The van der Waals surface area contributed by atoms with E-state index in [9.17, 15) is 18.0 Å². The maximum Gasteiger partial charge on any atom is 0.240 e. The van der Waals surface area contributed by atoms with E-state index >= 15 is 0 Å². The molecule has 8 heteroatoms. The molecule has 7 nitrogen and oxygen atoms in total. The van der Waals surface area contributed by atoms with Crippen LogP contribution in [0.25, 0.3) is 0 Å². The van der Waals surface area contributed by atoms with E-state index in [0.717, 1.165) is 6.42 Å². The monoisotopic (exact) mass is 341 g/mol. The van der Waals surface area contributed by atoms with Gasteiger partial charge in [-0.1, -0.05) is 6.92 Å². The van der Waals surface area contributed by atoms with Crippen LogP contribution >= 0.6 is 0 Å². The third-order valence-corrected chi connectivity index (χ3v) is 4.63. The van der Waals surface area contributed by atoms with Crippen LogP contribution in [0.5, 0.6) is 0 Å². The number of carbonyl (C=O) groups excluding carboxylic acids is 2. The van der Waals surface area contributed by atoms with Crippen molar-refractivity contribution in [1.29, 1.82) is 0 Å². The van der Waals surface area contributed by atoms with E-state index in [0.29, 0.717) is 5.69 Å². The Morgan fingerprint density at radius 3 is 2.30 bits per heavy atom. The van der Waals surface area contributed by atoms with Crippen molar-refractivity contribution in [2.24, 2.45) is 0 Å². The zero-order valence-electron chi connectivity index (χ0n) is 13.5. The lowest BCUT2D eigenvalue weighted by Crippen LogP contribution is -2.35. The maximum atomic E-state index is 12.1. The highest BCUT2D eigenvalue weighted by Gasteiger charge is 2.14. The first-order chi connectivity index (χ1) is 10.7. The molecule has 2 amide bonds. The molecule has 1 rings (SSSR count). The Morgan fingerprint density at radius 1 is 1.17 bits per heavy atom. The van der Waals surface area contributed by atoms with Gasteiger partial charge in [0.1, 0.15) is 0 Å². The van der Waals surface area contributed by atoms with E-state index in [4.69, 9.17) is 0 Å². The molecule has 0 aliphatic heterocycles. The Morgan fingerprint density at radius 2 is 1.78 bits per heavy atom. The van der Waals surface area contributed by atoms with Crippen LogP contribution in [0.15, 0.2) is 29.2 Å². The molecule has 0 radical (unpaired) electrons. The molecule has 23 heavy (non-hydrogen) atoms. The molecule has 0 heterocycles. The fourth-order valence-corrected chi connectivity index (χ4v) is 2.78. The summed E-state index contributed by atoms with van der Waals surface area (Å²) in [6, 6.07) is 5.87. The van der Waals surface area contributed by atoms with Crippen molar-refractivity contribution in [3.63, 3.8) is 0 Å². The number of nitrogens with one attached hydrogen (secondary N) is 3. The fraction of sp³-hybridized carbons (Fsp3) is 0.467. The molecule has 1 atom stereocenters. The van der Waals surface area contributed by atoms with Crippen LogP contribution in [0.1, 0.15) is 33.6 Å². The summed E-state index contributed by atoms with van der Waals surface area (Å²) in [7, 11) is -3.68. The lowest BCUT2D eigenvalue weighted by Gasteiger charge is -2.12. The lowest BCUT2D eigenvalue weighted by atomic mass is 10.2. The molecule has 3 N–H and O–H groups in total. The summed E-state index contributed by atoms with van der Waals surface area (Å²) < 4.78 is 26.6. The summed E-state index contributed by atoms with van der Waals surface area (Å²) in [4.78, 5) is 22.6. The molecule has 0 aliphatic carbocycles. The molecule has 0 fully saturated rings. The van der Waals surface area contributed by atoms with E-state index in [1.807, 2.05) is 13.8 Å². The predicted octanol–water partition coefficient (Wildman–Crippen LogP) is 1.23. The van der Waals surface area contributed by atoms with Crippen LogP contribution in [0.4, 0.5) is 5.69 Å². The van der Waals surface area contributed by atoms with Gasteiger partial charge in [0.2, 0.25) is 21.8 Å². The van der Waals surface area contributed by atoms with Crippen molar-refractivity contribution in [3.8, 4) is 0 Å². The van der Waals surface area contributed by atoms with Gasteiger partial charge in [-0.2, -0.15) is 0 Å². The minimum Gasteiger partial charge on any atom is -0.354 e. The average molecular weight is 341 g/mol. The molecule has 0 aromatic heterocycles. The van der Waals surface area contributed by atoms with Gasteiger partial charge in [0.25, 0.3) is 0 Å². The van der Waals surface area contributed by atoms with Crippen LogP contribution in [0.2, 0.25) is 0 Å². The molecule has 0 unspecified atom stereocenters. The summed E-state index contributed by atoms with van der Waals surface area (Å²) in [5.74, 6) is -0.422. The third-order valence-electron chi connectivity index (χ3n) is 3.15. The number of anilines is 1. The van der Waals surface area contributed by atoms with Gasteiger partial charge in [-0.05, 0) is 37.6 Å². The van der Waals surface area contributed by atoms with Crippen molar-refractivity contribution in [3.05, 3.63) is 24.3 Å². The zero-order chi connectivity index (χ0) is 17.5. The standard InChI is InChI=1S/C15H23N3O4S/c1-4-11(2)17-15(20)9-10-16-23(21,22)14-7-5-13(6-8-14)18-12(3)19/h5-8,11,16H,4,9-10H2,1-3H3,(H,17,20)(H,18,19)/t11-/m1/s1. The van der Waals surface area contributed by atoms with Crippen LogP contribution in [0, 0.1) is 0 Å². The molecule has 0 spiro atoms. The molecule has 1 aromatic rings. The van der Waals surface area contributed by atoms with Crippen LogP contribution in [-0.4, -0.2) is 32.8 Å². The number of hydrogen-bond acceptors (Lipinski definition) is 4. The maximum absolute atomic E-state index is 12.1. The first-order valence-electron chi connectivity index (χ1n) is 7.41. The van der Waals surface area contributed by atoms with Gasteiger partial charge in [-0.15, -0.1) is 0 Å². The van der Waals surface area contributed by atoms with Crippen LogP contribution in [-0.2, 0) is 19.6 Å². The van der Waals surface area contributed by atoms with Crippen molar-refractivity contribution >= 4 is 27.5 Å². The van der Waals surface area contributed by atoms with E-state index in [1.165, 1.54) is 31.2 Å². The number of hydrogen-bond donors (Lipinski definition) is 3. The number of amides is 2. The minimum absolute atomic E-state index is 0.0258. The smallest absolute Gasteiger partial charge is 0.240 e. The van der Waals surface area contributed by atoms with Crippen LogP contribution in [0.3, 0.4) is 0 Å². The van der Waals surface area contributed by atoms with Crippen molar-refractivity contribution in [2.45, 2.75) is 44.6 Å². The van der Waals surface area contributed by atoms with Crippen LogP contribution < -0.4 is 15.4 Å². The van der Waals surface area contributed by atoms with Crippen molar-refractivity contribution in [2.75, 3.05) is 11.9 Å². The summed E-state index contributed by atoms with van der Waals surface area (Å²) in [5.41, 5.74) is 0.518. The Labute approximate surface area is 136 Å². The number of rotatable bonds is 8. The largest absolute Gasteiger partial charge is 0.354 e. The zero-order valence-corrected chi connectivity index (χ0v) is 14.4. The van der Waals surface area contributed by atoms with Gasteiger partial charge in [0, 0.05) is 31.6 Å². The highest BCUT2D eigenvalue weighted by Crippen LogP contribution is 2.13. The first-order valence-corrected chi connectivity index (χ1v) is 8.89. The number of carbonyl (C=O) groups is 2. The summed E-state index contributed by atoms with van der Waals surface area (Å²) in [6.07, 6.45) is 0.895. The van der Waals surface area contributed by atoms with Gasteiger partial charge in [-0.25, -0.2) is 13.1 Å². The Kier molecular flexibility index (Phi) is 7.18. The summed E-state index contributed by atoms with van der Waals surface area (Å²) >= 11 is 0. The molecular formula is C15H23N3O4S. The van der Waals surface area contributed by atoms with E-state index in [2.05, 4.69) is 15.4 Å². The Hall–Kier alpha value is -1.93. The molecule has 1 aromatic carbocycles. The van der Waals surface area contributed by atoms with Gasteiger partial charge < -0.3 is 10.6 Å². The molecule has 0 saturated carbocycles. The van der Waals surface area contributed by atoms with Gasteiger partial charge in [-0.3, -0.25) is 9.59 Å². The molecule has 128 valence electrons. The second kappa shape index (κ2) is 8.64. The minimum atomic E-state index is -3.68. The predicted molar refractivity (Wildman–Crippen MR) is 88.4 cm³/mol. The van der Waals surface area contributed by atoms with E-state index in [-0.39, 0.29) is 35.7 Å². The second-order valence-corrected chi connectivity index (χ2v) is 7.00. The lowest BCUT2D eigenvalue weighted by molar-refractivity contribution is -0.121. The van der Waals surface area contributed by atoms with Gasteiger partial charge in [0.15, 0.2) is 0 Å². The summed E-state index contributed by atoms with van der Waals surface area (Å²) in [6.45, 7) is 5.24. The Balaban J connectivity index is 2.55. The number of sulfonamides is 1. The van der Waals surface area contributed by atoms with Gasteiger partial charge in [0.05, 0.1) is 4.90 Å². The fourth-order valence-electron chi connectivity index (χ4n) is 1.75. The molecular weight excluding hydrogens is 318 g/mol. The second-order valence-electron chi connectivity index (χ2n) is 5.23. The third kappa shape index (κ3) is 6.79. The average Bonchev–Trinajstić information content (AvgIpc) is 2.46. The van der Waals surface area contributed by atoms with Gasteiger partial charge >= 0.3 is 0 Å². The quantitative estimate of drug-likeness (QED) is 0.661. The Bertz CT molecular complexity index is 641. The van der Waals surface area contributed by atoms with Crippen molar-refractivity contribution < 1.29 is 18.0 Å². The topological polar surface area (TPSA) is 104 Å². The highest BCUT2D eigenvalue weighted by molar-refractivity contribution is 7.89. The first kappa shape index (κ1) is 19.1. The SMILES string of the molecule is CC[C@@H](C)NC(=O)CCNS(=O)(=O)c1ccc(NC(C)=O)cc1. The normalized spacial score (nSPS) is 12.5. The van der Waals surface area contributed by atoms with Crippen molar-refractivity contribution in [1.82, 2.24) is 10.0 Å². The molecule has 0 bridgehead atoms.